The third kappa shape index (κ3) is 9.37. The van der Waals surface area contributed by atoms with E-state index in [-0.39, 0.29) is 45.4 Å². The van der Waals surface area contributed by atoms with Gasteiger partial charge in [-0.25, -0.2) is 20.4 Å². The highest BCUT2D eigenvalue weighted by Gasteiger charge is 2.50. The summed E-state index contributed by atoms with van der Waals surface area (Å²) in [6, 6.07) is 0. The van der Waals surface area contributed by atoms with Crippen LogP contribution in [0.4, 0.5) is 17.5 Å². The molecule has 4 aromatic rings. The highest BCUT2D eigenvalue weighted by atomic mass is 16.7. The Morgan fingerprint density at radius 3 is 2.33 bits per heavy atom. The molecule has 1 saturated heterocycles. The molecule has 2 aromatic heterocycles. The van der Waals surface area contributed by atoms with E-state index in [0.29, 0.717) is 0 Å². The van der Waals surface area contributed by atoms with Gasteiger partial charge in [0.2, 0.25) is 5.95 Å². The summed E-state index contributed by atoms with van der Waals surface area (Å²) in [6.07, 6.45) is -0.801. The number of phenolic OH excluding ortho intramolecular Hbond substituents is 3. The molecular weight excluding hydrogens is 945 g/mol. The van der Waals surface area contributed by atoms with Crippen LogP contribution in [0.5, 0.6) is 23.0 Å². The Morgan fingerprint density at radius 1 is 0.972 bits per heavy atom. The minimum absolute atomic E-state index is 0.00991. The monoisotopic (exact) mass is 1000 g/mol. The number of phenols is 3. The molecule has 4 aliphatic heterocycles. The maximum Gasteiger partial charge on any atom is 0.312 e. The third-order valence-corrected chi connectivity index (χ3v) is 13.7. The van der Waals surface area contributed by atoms with E-state index in [0.717, 1.165) is 18.8 Å². The van der Waals surface area contributed by atoms with Gasteiger partial charge in [0.05, 0.1) is 59.6 Å². The van der Waals surface area contributed by atoms with Crippen molar-refractivity contribution in [1.82, 2.24) is 19.5 Å². The largest absolute Gasteiger partial charge is 0.507 e. The van der Waals surface area contributed by atoms with Gasteiger partial charge in [0.25, 0.3) is 11.7 Å². The van der Waals surface area contributed by atoms with Crippen LogP contribution in [0.15, 0.2) is 47.6 Å². The number of hydrogen-bond acceptors (Lipinski definition) is 22. The van der Waals surface area contributed by atoms with Gasteiger partial charge >= 0.3 is 11.8 Å². The third-order valence-electron chi connectivity index (χ3n) is 13.7. The number of amides is 1. The summed E-state index contributed by atoms with van der Waals surface area (Å²) in [4.78, 5) is 53.7. The molecule has 0 unspecified atom stereocenters. The normalized spacial score (nSPS) is 32.1. The van der Waals surface area contributed by atoms with Gasteiger partial charge < -0.3 is 75.6 Å². The molecule has 0 radical (unpaired) electrons. The second kappa shape index (κ2) is 20.7. The van der Waals surface area contributed by atoms with E-state index in [9.17, 15) is 55.2 Å². The molecule has 5 bridgehead atoms. The number of methoxy groups -OCH3 is 1. The number of hydrazone groups is 1. The molecular formula is C48H60N8O16. The standard InChI is InChI=1S/C48H60N8O16/c1-18-11-10-12-19(2)45(67)53-31-25(15-52-55-47-54-32-43(49)50-17-51-44(32)56(47)46-39(65)37(63)27(16-57)71-46)36(62)28-29(38(31)64)35(61)23(6)41-30(28)42(66)48(8,72-41)69-14-13-26(68-9)20(3)40(70-24(7)58)22(5)34(60)21(4)33(18)59/h10-15,17-18,20-22,26-27,33-34,37,39-40,46,57,59-65H,16H2,1-9H3,(H,53,67)(H,54,55)(H2,49,50,51)/b11-10+,14-13+,19-12-,52-15-/t18-,20-,21-,22-,26+,27-,33+,34-,37-,39-,40-,46-,48+/m1/s1. The van der Waals surface area contributed by atoms with Crippen LogP contribution in [0, 0.1) is 30.6 Å². The van der Waals surface area contributed by atoms with E-state index >= 15 is 0 Å². The molecule has 24 heteroatoms. The van der Waals surface area contributed by atoms with Crippen LogP contribution < -0.4 is 21.2 Å². The van der Waals surface area contributed by atoms with Crippen molar-refractivity contribution in [2.45, 2.75) is 110 Å². The number of aliphatic hydroxyl groups excluding tert-OH is 5. The summed E-state index contributed by atoms with van der Waals surface area (Å²) >= 11 is 0. The number of anilines is 3. The van der Waals surface area contributed by atoms with E-state index in [1.165, 1.54) is 57.6 Å². The molecule has 24 nitrogen and oxygen atoms in total. The maximum absolute atomic E-state index is 14.7. The minimum Gasteiger partial charge on any atom is -0.507 e. The first-order chi connectivity index (χ1) is 34.0. The number of ether oxygens (including phenoxy) is 5. The number of benzene rings is 2. The number of aliphatic hydroxyl groups is 5. The molecule has 13 atom stereocenters. The molecule has 8 rings (SSSR count). The Hall–Kier alpha value is -6.93. The number of carbonyl (C=O) groups is 3. The minimum atomic E-state index is -2.18. The zero-order valence-electron chi connectivity index (χ0n) is 40.8. The first-order valence-electron chi connectivity index (χ1n) is 23.0. The number of Topliss-reactive ketones (excluding diaryl/α,β-unsaturated/α-hetero) is 1. The molecule has 0 spiro atoms. The number of nitrogens with one attached hydrogen (secondary N) is 2. The van der Waals surface area contributed by atoms with Crippen LogP contribution in [0.3, 0.4) is 0 Å². The summed E-state index contributed by atoms with van der Waals surface area (Å²) in [5, 5.41) is 96.6. The number of hydrogen-bond donors (Lipinski definition) is 11. The predicted molar refractivity (Wildman–Crippen MR) is 258 cm³/mol. The number of carbonyl (C=O) groups excluding carboxylic acids is 3. The second-order valence-corrected chi connectivity index (χ2v) is 18.5. The van der Waals surface area contributed by atoms with Gasteiger partial charge in [0.15, 0.2) is 29.0 Å². The Kier molecular flexibility index (Phi) is 15.2. The molecule has 1 amide bonds. The molecule has 0 aliphatic carbocycles. The van der Waals surface area contributed by atoms with Gasteiger partial charge in [-0.3, -0.25) is 19.0 Å². The highest BCUT2D eigenvalue weighted by Crippen LogP contribution is 2.55. The SMILES string of the molecule is CO[C@H]1/C=C/O[C@@]2(C)Oc3c(C)c(O)c4c(O)c(c(/C=N\Nc5nc6c(N)ncnc6n5[C@@H]5O[C@H](CO)[C@@H](O)[C@H]5O)c(O)c4c3C2=O)NC(=O)/C(C)=C\C=C\[C@@H](C)[C@H](O)[C@@H](C)[C@@H](O)[C@@H](C)[C@H](OC(C)=O)[C@@H]1C. The van der Waals surface area contributed by atoms with Gasteiger partial charge in [0, 0.05) is 61.2 Å². The van der Waals surface area contributed by atoms with Crippen molar-refractivity contribution >= 4 is 63.3 Å². The quantitative estimate of drug-likeness (QED) is 0.0416. The van der Waals surface area contributed by atoms with E-state index < -0.39 is 142 Å². The smallest absolute Gasteiger partial charge is 0.312 e. The number of aromatic hydroxyl groups is 3. The molecule has 72 heavy (non-hydrogen) atoms. The number of allylic oxidation sites excluding steroid dienone is 2. The number of ketones is 1. The van der Waals surface area contributed by atoms with Gasteiger partial charge in [-0.2, -0.15) is 5.10 Å². The fourth-order valence-electron chi connectivity index (χ4n) is 9.37. The van der Waals surface area contributed by atoms with Gasteiger partial charge in [-0.15, -0.1) is 0 Å². The molecule has 4 aliphatic rings. The van der Waals surface area contributed by atoms with E-state index in [2.05, 4.69) is 30.8 Å². The number of nitrogen functional groups attached to an aromatic ring is 1. The van der Waals surface area contributed by atoms with Gasteiger partial charge in [-0.05, 0) is 19.9 Å². The maximum atomic E-state index is 14.7. The van der Waals surface area contributed by atoms with E-state index in [1.807, 2.05) is 0 Å². The summed E-state index contributed by atoms with van der Waals surface area (Å²) in [6.45, 7) is 11.4. The highest BCUT2D eigenvalue weighted by molar-refractivity contribution is 6.24. The molecule has 0 saturated carbocycles. The summed E-state index contributed by atoms with van der Waals surface area (Å²) in [7, 11) is 1.39. The zero-order chi connectivity index (χ0) is 52.8. The van der Waals surface area contributed by atoms with Crippen molar-refractivity contribution in [2.75, 3.05) is 30.2 Å². The first-order valence-corrected chi connectivity index (χ1v) is 23.0. The lowest BCUT2D eigenvalue weighted by Crippen LogP contribution is -2.46. The average molecular weight is 1010 g/mol. The summed E-state index contributed by atoms with van der Waals surface area (Å²) < 4.78 is 30.6. The number of esters is 1. The Bertz CT molecular complexity index is 2900. The van der Waals surface area contributed by atoms with Crippen LogP contribution in [-0.2, 0) is 28.5 Å². The number of aromatic nitrogens is 4. The van der Waals surface area contributed by atoms with Crippen molar-refractivity contribution in [1.29, 1.82) is 0 Å². The summed E-state index contributed by atoms with van der Waals surface area (Å²) in [5.41, 5.74) is 7.50. The Labute approximate surface area is 412 Å². The fourth-order valence-corrected chi connectivity index (χ4v) is 9.37. The molecule has 1 fully saturated rings. The average Bonchev–Trinajstić information content (AvgIpc) is 3.95. The van der Waals surface area contributed by atoms with Gasteiger partial charge in [0.1, 0.15) is 48.0 Å². The van der Waals surface area contributed by atoms with Crippen molar-refractivity contribution in [3.63, 3.8) is 0 Å². The number of imidazole rings is 1. The van der Waals surface area contributed by atoms with Crippen molar-refractivity contribution in [3.8, 4) is 23.0 Å². The lowest BCUT2D eigenvalue weighted by molar-refractivity contribution is -0.160. The lowest BCUT2D eigenvalue weighted by Gasteiger charge is -2.38. The van der Waals surface area contributed by atoms with Crippen molar-refractivity contribution < 1.29 is 78.9 Å². The first kappa shape index (κ1) is 52.9. The zero-order valence-corrected chi connectivity index (χ0v) is 40.8. The second-order valence-electron chi connectivity index (χ2n) is 18.5. The van der Waals surface area contributed by atoms with Crippen LogP contribution in [0.25, 0.3) is 21.9 Å². The fraction of sp³-hybridized carbons (Fsp3) is 0.479. The molecule has 6 heterocycles. The Balaban J connectivity index is 1.39. The van der Waals surface area contributed by atoms with Crippen molar-refractivity contribution in [2.24, 2.45) is 28.8 Å². The van der Waals surface area contributed by atoms with Crippen LogP contribution >= 0.6 is 0 Å². The van der Waals surface area contributed by atoms with E-state index in [1.54, 1.807) is 33.8 Å². The molecule has 12 N–H and O–H groups in total. The van der Waals surface area contributed by atoms with Crippen molar-refractivity contribution in [3.05, 3.63) is 59.2 Å². The molecule has 388 valence electrons. The number of nitrogens with two attached hydrogens (primary N) is 1. The Morgan fingerprint density at radius 2 is 1.68 bits per heavy atom. The number of nitrogens with zero attached hydrogens (tertiary/aromatic N) is 5. The van der Waals surface area contributed by atoms with E-state index in [4.69, 9.17) is 29.4 Å². The van der Waals surface area contributed by atoms with Crippen LogP contribution in [0.2, 0.25) is 0 Å². The topological polar surface area (TPSA) is 365 Å². The van der Waals surface area contributed by atoms with Crippen LogP contribution in [0.1, 0.15) is 76.2 Å². The summed E-state index contributed by atoms with van der Waals surface area (Å²) in [5.74, 6) is -10.1. The van der Waals surface area contributed by atoms with Gasteiger partial charge in [-0.1, -0.05) is 45.9 Å². The predicted octanol–water partition coefficient (Wildman–Crippen LogP) is 2.53. The lowest BCUT2D eigenvalue weighted by atomic mass is 9.78. The number of rotatable bonds is 7. The number of fused-ring (bicyclic) bond motifs is 15. The van der Waals surface area contributed by atoms with Crippen LogP contribution in [-0.4, -0.2) is 146 Å². The molecule has 2 aromatic carbocycles.